The Kier molecular flexibility index (Phi) is 4.61. The van der Waals surface area contributed by atoms with Crippen molar-refractivity contribution in [1.82, 2.24) is 4.90 Å². The minimum Gasteiger partial charge on any atom is -0.350 e. The third kappa shape index (κ3) is 3.13. The smallest absolute Gasteiger partial charge is 0.173 e. The van der Waals surface area contributed by atoms with E-state index in [1.54, 1.807) is 0 Å². The molecule has 0 spiro atoms. The van der Waals surface area contributed by atoms with Crippen molar-refractivity contribution in [2.45, 2.75) is 13.8 Å². The van der Waals surface area contributed by atoms with Crippen molar-refractivity contribution in [1.29, 1.82) is 0 Å². The number of rotatable bonds is 3. The van der Waals surface area contributed by atoms with Gasteiger partial charge in [-0.25, -0.2) is 8.78 Å². The van der Waals surface area contributed by atoms with Crippen molar-refractivity contribution in [3.05, 3.63) is 29.8 Å². The second kappa shape index (κ2) is 5.75. The Morgan fingerprint density at radius 1 is 1.31 bits per heavy atom. The summed E-state index contributed by atoms with van der Waals surface area (Å²) in [7, 11) is 0. The Balaban J connectivity index is 2.76. The average Bonchev–Trinajstić information content (AvgIpc) is 2.24. The molecule has 0 saturated heterocycles. The van der Waals surface area contributed by atoms with E-state index < -0.39 is 11.6 Å². The molecule has 0 amide bonds. The van der Waals surface area contributed by atoms with Crippen LogP contribution in [0.1, 0.15) is 13.8 Å². The van der Waals surface area contributed by atoms with Gasteiger partial charge in [-0.1, -0.05) is 0 Å². The van der Waals surface area contributed by atoms with E-state index in [1.165, 1.54) is 12.1 Å². The van der Waals surface area contributed by atoms with Gasteiger partial charge in [0.15, 0.2) is 5.11 Å². The lowest BCUT2D eigenvalue weighted by Gasteiger charge is -2.22. The van der Waals surface area contributed by atoms with Gasteiger partial charge in [0.05, 0.1) is 5.69 Å². The third-order valence-corrected chi connectivity index (χ3v) is 2.58. The van der Waals surface area contributed by atoms with E-state index in [1.807, 2.05) is 18.7 Å². The summed E-state index contributed by atoms with van der Waals surface area (Å²) < 4.78 is 26.0. The highest BCUT2D eigenvalue weighted by atomic mass is 32.1. The molecule has 0 saturated carbocycles. The van der Waals surface area contributed by atoms with Crippen molar-refractivity contribution >= 4 is 23.0 Å². The number of nitrogens with zero attached hydrogens (tertiary/aromatic N) is 1. The standard InChI is InChI=1S/C11H14F2N2S/c1-3-15(4-2)11(16)14-10-6-5-8(12)7-9(10)13/h5-7H,3-4H2,1-2H3,(H,14,16). The summed E-state index contributed by atoms with van der Waals surface area (Å²) in [6.45, 7) is 5.40. The van der Waals surface area contributed by atoms with Gasteiger partial charge in [-0.15, -0.1) is 0 Å². The van der Waals surface area contributed by atoms with Crippen molar-refractivity contribution in [3.63, 3.8) is 0 Å². The zero-order valence-electron chi connectivity index (χ0n) is 9.26. The minimum absolute atomic E-state index is 0.193. The van der Waals surface area contributed by atoms with Crippen LogP contribution in [0.5, 0.6) is 0 Å². The first kappa shape index (κ1) is 12.8. The largest absolute Gasteiger partial charge is 0.350 e. The van der Waals surface area contributed by atoms with Crippen LogP contribution in [0.4, 0.5) is 14.5 Å². The summed E-state index contributed by atoms with van der Waals surface area (Å²) in [5, 5.41) is 3.20. The molecule has 0 heterocycles. The Morgan fingerprint density at radius 3 is 2.44 bits per heavy atom. The van der Waals surface area contributed by atoms with E-state index in [2.05, 4.69) is 5.32 Å². The highest BCUT2D eigenvalue weighted by molar-refractivity contribution is 7.80. The van der Waals surface area contributed by atoms with Gasteiger partial charge in [0, 0.05) is 19.2 Å². The van der Waals surface area contributed by atoms with Crippen molar-refractivity contribution < 1.29 is 8.78 Å². The summed E-state index contributed by atoms with van der Waals surface area (Å²) >= 11 is 5.10. The number of thiocarbonyl (C=S) groups is 1. The maximum atomic E-state index is 13.3. The molecule has 0 aliphatic carbocycles. The minimum atomic E-state index is -0.644. The fraction of sp³-hybridized carbons (Fsp3) is 0.364. The topological polar surface area (TPSA) is 15.3 Å². The monoisotopic (exact) mass is 244 g/mol. The van der Waals surface area contributed by atoms with Crippen molar-refractivity contribution in [2.75, 3.05) is 18.4 Å². The average molecular weight is 244 g/mol. The van der Waals surface area contributed by atoms with Crippen molar-refractivity contribution in [3.8, 4) is 0 Å². The van der Waals surface area contributed by atoms with Crippen LogP contribution in [0.3, 0.4) is 0 Å². The van der Waals surface area contributed by atoms with E-state index in [4.69, 9.17) is 12.2 Å². The van der Waals surface area contributed by atoms with Gasteiger partial charge in [0.2, 0.25) is 0 Å². The Hall–Kier alpha value is -1.23. The summed E-state index contributed by atoms with van der Waals surface area (Å²) in [6, 6.07) is 3.35. The SMILES string of the molecule is CCN(CC)C(=S)Nc1ccc(F)cc1F. The molecule has 0 unspecified atom stereocenters. The lowest BCUT2D eigenvalue weighted by Crippen LogP contribution is -2.34. The first-order valence-electron chi connectivity index (χ1n) is 5.09. The van der Waals surface area contributed by atoms with Gasteiger partial charge in [-0.05, 0) is 38.2 Å². The molecule has 0 bridgehead atoms. The number of hydrogen-bond acceptors (Lipinski definition) is 1. The lowest BCUT2D eigenvalue weighted by molar-refractivity contribution is 0.472. The molecule has 0 aliphatic rings. The molecule has 1 aromatic carbocycles. The fourth-order valence-electron chi connectivity index (χ4n) is 1.30. The first-order valence-corrected chi connectivity index (χ1v) is 5.50. The maximum absolute atomic E-state index is 13.3. The molecule has 16 heavy (non-hydrogen) atoms. The Labute approximate surface area is 99.3 Å². The predicted molar refractivity (Wildman–Crippen MR) is 65.5 cm³/mol. The molecule has 0 aliphatic heterocycles. The van der Waals surface area contributed by atoms with Gasteiger partial charge in [-0.2, -0.15) is 0 Å². The lowest BCUT2D eigenvalue weighted by atomic mass is 10.3. The zero-order chi connectivity index (χ0) is 12.1. The van der Waals surface area contributed by atoms with Gasteiger partial charge in [0.1, 0.15) is 11.6 Å². The summed E-state index contributed by atoms with van der Waals surface area (Å²) in [6.07, 6.45) is 0. The molecule has 1 aromatic rings. The number of anilines is 1. The van der Waals surface area contributed by atoms with Gasteiger partial charge in [-0.3, -0.25) is 0 Å². The zero-order valence-corrected chi connectivity index (χ0v) is 10.1. The van der Waals surface area contributed by atoms with E-state index >= 15 is 0 Å². The second-order valence-corrected chi connectivity index (χ2v) is 3.61. The molecule has 88 valence electrons. The number of halogens is 2. The molecular weight excluding hydrogens is 230 g/mol. The van der Waals surface area contributed by atoms with E-state index in [0.29, 0.717) is 5.11 Å². The highest BCUT2D eigenvalue weighted by Crippen LogP contribution is 2.15. The number of nitrogens with one attached hydrogen (secondary N) is 1. The molecule has 2 nitrogen and oxygen atoms in total. The quantitative estimate of drug-likeness (QED) is 0.823. The summed E-state index contributed by atoms with van der Waals surface area (Å²) in [5.74, 6) is -1.24. The Bertz CT molecular complexity index is 378. The highest BCUT2D eigenvalue weighted by Gasteiger charge is 2.08. The summed E-state index contributed by atoms with van der Waals surface area (Å²) in [4.78, 5) is 1.87. The van der Waals surface area contributed by atoms with Crippen LogP contribution in [0.2, 0.25) is 0 Å². The van der Waals surface area contributed by atoms with Gasteiger partial charge >= 0.3 is 0 Å². The van der Waals surface area contributed by atoms with Crippen LogP contribution in [0.25, 0.3) is 0 Å². The molecule has 1 N–H and O–H groups in total. The number of benzene rings is 1. The fourth-order valence-corrected chi connectivity index (χ4v) is 1.66. The van der Waals surface area contributed by atoms with E-state index in [0.717, 1.165) is 19.2 Å². The van der Waals surface area contributed by atoms with Crippen LogP contribution < -0.4 is 5.32 Å². The normalized spacial score (nSPS) is 10.0. The molecular formula is C11H14F2N2S. The van der Waals surface area contributed by atoms with Crippen LogP contribution in [0.15, 0.2) is 18.2 Å². The van der Waals surface area contributed by atoms with Crippen LogP contribution in [-0.2, 0) is 0 Å². The molecule has 5 heteroatoms. The molecule has 0 fully saturated rings. The second-order valence-electron chi connectivity index (χ2n) is 3.23. The van der Waals surface area contributed by atoms with E-state index in [9.17, 15) is 8.78 Å². The van der Waals surface area contributed by atoms with Crippen molar-refractivity contribution in [2.24, 2.45) is 0 Å². The maximum Gasteiger partial charge on any atom is 0.173 e. The molecule has 0 atom stereocenters. The predicted octanol–water partition coefficient (Wildman–Crippen LogP) is 3.00. The van der Waals surface area contributed by atoms with Gasteiger partial charge < -0.3 is 10.2 Å². The number of hydrogen-bond donors (Lipinski definition) is 1. The molecule has 0 aromatic heterocycles. The van der Waals surface area contributed by atoms with Crippen LogP contribution in [0, 0.1) is 11.6 Å². The summed E-state index contributed by atoms with van der Waals surface area (Å²) in [5.41, 5.74) is 0.193. The third-order valence-electron chi connectivity index (χ3n) is 2.22. The van der Waals surface area contributed by atoms with Gasteiger partial charge in [0.25, 0.3) is 0 Å². The molecule has 0 radical (unpaired) electrons. The Morgan fingerprint density at radius 2 is 1.94 bits per heavy atom. The molecule has 1 rings (SSSR count). The van der Waals surface area contributed by atoms with Crippen LogP contribution in [-0.4, -0.2) is 23.1 Å². The van der Waals surface area contributed by atoms with Crippen LogP contribution >= 0.6 is 12.2 Å². The first-order chi connectivity index (χ1) is 7.58. The van der Waals surface area contributed by atoms with E-state index in [-0.39, 0.29) is 5.69 Å².